The fraction of sp³-hybridized carbons (Fsp3) is 0.308. The number of aromatic nitrogens is 1. The molecule has 0 bridgehead atoms. The number of rotatable bonds is 2. The van der Waals surface area contributed by atoms with E-state index >= 15 is 0 Å². The molecule has 0 aromatic carbocycles. The van der Waals surface area contributed by atoms with Crippen LogP contribution < -0.4 is 4.72 Å². The molecule has 1 atom stereocenters. The van der Waals surface area contributed by atoms with Crippen LogP contribution in [0.3, 0.4) is 0 Å². The van der Waals surface area contributed by atoms with Crippen molar-refractivity contribution >= 4 is 21.5 Å². The van der Waals surface area contributed by atoms with E-state index in [1.165, 1.54) is 4.31 Å². The van der Waals surface area contributed by atoms with Gasteiger partial charge >= 0.3 is 0 Å². The number of hydrogen-bond donors (Lipinski definition) is 1. The van der Waals surface area contributed by atoms with Crippen LogP contribution in [0.25, 0.3) is 10.4 Å². The third-order valence-corrected chi connectivity index (χ3v) is 6.18. The van der Waals surface area contributed by atoms with E-state index in [4.69, 9.17) is 0 Å². The van der Waals surface area contributed by atoms with Gasteiger partial charge in [0.05, 0.1) is 6.04 Å². The Morgan fingerprint density at radius 2 is 2.25 bits per heavy atom. The highest BCUT2D eigenvalue weighted by atomic mass is 32.2. The van der Waals surface area contributed by atoms with Gasteiger partial charge in [-0.3, -0.25) is 4.98 Å². The van der Waals surface area contributed by atoms with Crippen LogP contribution in [0.1, 0.15) is 17.3 Å². The minimum absolute atomic E-state index is 0.133. The van der Waals surface area contributed by atoms with Crippen LogP contribution in [-0.2, 0) is 10.2 Å². The SMILES string of the molecule is CN1CC[C@@H](c2ccc(-c3cccnc3)s2)NS1(=O)=O. The van der Waals surface area contributed by atoms with Crippen molar-refractivity contribution in [3.8, 4) is 10.4 Å². The van der Waals surface area contributed by atoms with E-state index in [9.17, 15) is 8.42 Å². The molecule has 3 rings (SSSR count). The first-order valence-electron chi connectivity index (χ1n) is 6.30. The molecular formula is C13H15N3O2S2. The third kappa shape index (κ3) is 2.62. The molecule has 2 aromatic heterocycles. The topological polar surface area (TPSA) is 62.3 Å². The second-order valence-corrected chi connectivity index (χ2v) is 7.65. The lowest BCUT2D eigenvalue weighted by Crippen LogP contribution is -2.46. The van der Waals surface area contributed by atoms with Gasteiger partial charge in [0.15, 0.2) is 0 Å². The molecule has 0 spiro atoms. The molecule has 7 heteroatoms. The van der Waals surface area contributed by atoms with E-state index in [0.717, 1.165) is 21.7 Å². The van der Waals surface area contributed by atoms with E-state index < -0.39 is 10.2 Å². The normalized spacial score (nSPS) is 22.8. The highest BCUT2D eigenvalue weighted by Gasteiger charge is 2.30. The molecule has 1 aliphatic heterocycles. The lowest BCUT2D eigenvalue weighted by atomic mass is 10.2. The van der Waals surface area contributed by atoms with Gasteiger partial charge in [-0.25, -0.2) is 0 Å². The summed E-state index contributed by atoms with van der Waals surface area (Å²) in [5.41, 5.74) is 1.06. The summed E-state index contributed by atoms with van der Waals surface area (Å²) in [5.74, 6) is 0. The van der Waals surface area contributed by atoms with Crippen molar-refractivity contribution in [2.75, 3.05) is 13.6 Å². The highest BCUT2D eigenvalue weighted by molar-refractivity contribution is 7.87. The average Bonchev–Trinajstić information content (AvgIpc) is 2.92. The van der Waals surface area contributed by atoms with Gasteiger partial charge in [0, 0.05) is 41.3 Å². The molecule has 0 saturated carbocycles. The summed E-state index contributed by atoms with van der Waals surface area (Å²) in [6.07, 6.45) is 4.33. The molecule has 2 aromatic rings. The number of nitrogens with zero attached hydrogens (tertiary/aromatic N) is 2. The van der Waals surface area contributed by atoms with Crippen molar-refractivity contribution in [1.82, 2.24) is 14.0 Å². The number of nitrogens with one attached hydrogen (secondary N) is 1. The van der Waals surface area contributed by atoms with Crippen molar-refractivity contribution in [3.05, 3.63) is 41.5 Å². The first kappa shape index (κ1) is 13.7. The number of pyridine rings is 1. The van der Waals surface area contributed by atoms with Crippen LogP contribution in [0.5, 0.6) is 0 Å². The quantitative estimate of drug-likeness (QED) is 0.923. The summed E-state index contributed by atoms with van der Waals surface area (Å²) in [4.78, 5) is 6.25. The number of hydrogen-bond acceptors (Lipinski definition) is 4. The van der Waals surface area contributed by atoms with E-state index in [1.54, 1.807) is 24.6 Å². The Kier molecular flexibility index (Phi) is 3.59. The van der Waals surface area contributed by atoms with Gasteiger partial charge in [-0.05, 0) is 24.6 Å². The zero-order chi connectivity index (χ0) is 14.2. The molecule has 1 N–H and O–H groups in total. The van der Waals surface area contributed by atoms with E-state index in [1.807, 2.05) is 30.5 Å². The second-order valence-electron chi connectivity index (χ2n) is 4.73. The zero-order valence-electron chi connectivity index (χ0n) is 11.0. The van der Waals surface area contributed by atoms with Crippen molar-refractivity contribution in [2.45, 2.75) is 12.5 Å². The van der Waals surface area contributed by atoms with Crippen molar-refractivity contribution in [1.29, 1.82) is 0 Å². The van der Waals surface area contributed by atoms with Crippen LogP contribution in [0, 0.1) is 0 Å². The predicted molar refractivity (Wildman–Crippen MR) is 79.6 cm³/mol. The average molecular weight is 309 g/mol. The maximum absolute atomic E-state index is 11.9. The Balaban J connectivity index is 1.85. The van der Waals surface area contributed by atoms with Crippen LogP contribution in [0.4, 0.5) is 0 Å². The maximum atomic E-state index is 11.9. The van der Waals surface area contributed by atoms with Crippen LogP contribution in [-0.4, -0.2) is 31.3 Å². The summed E-state index contributed by atoms with van der Waals surface area (Å²) in [6.45, 7) is 0.542. The van der Waals surface area contributed by atoms with Crippen molar-refractivity contribution < 1.29 is 8.42 Å². The molecule has 0 amide bonds. The lowest BCUT2D eigenvalue weighted by molar-refractivity contribution is 0.384. The predicted octanol–water partition coefficient (Wildman–Crippen LogP) is 2.02. The second kappa shape index (κ2) is 5.25. The summed E-state index contributed by atoms with van der Waals surface area (Å²) in [5, 5.41) is 0. The minimum atomic E-state index is -3.34. The molecule has 0 aliphatic carbocycles. The van der Waals surface area contributed by atoms with Gasteiger partial charge < -0.3 is 0 Å². The highest BCUT2D eigenvalue weighted by Crippen LogP contribution is 2.33. The van der Waals surface area contributed by atoms with E-state index in [2.05, 4.69) is 9.71 Å². The molecule has 1 saturated heterocycles. The Bertz CT molecular complexity index is 697. The van der Waals surface area contributed by atoms with Gasteiger partial charge in [-0.15, -0.1) is 11.3 Å². The smallest absolute Gasteiger partial charge is 0.264 e. The molecule has 20 heavy (non-hydrogen) atoms. The summed E-state index contributed by atoms with van der Waals surface area (Å²) in [6, 6.07) is 7.77. The van der Waals surface area contributed by atoms with Crippen LogP contribution in [0.15, 0.2) is 36.7 Å². The van der Waals surface area contributed by atoms with Crippen LogP contribution in [0.2, 0.25) is 0 Å². The largest absolute Gasteiger partial charge is 0.279 e. The van der Waals surface area contributed by atoms with Crippen molar-refractivity contribution in [3.63, 3.8) is 0 Å². The first-order valence-corrected chi connectivity index (χ1v) is 8.55. The van der Waals surface area contributed by atoms with Gasteiger partial charge in [0.2, 0.25) is 0 Å². The molecule has 1 aliphatic rings. The monoisotopic (exact) mass is 309 g/mol. The van der Waals surface area contributed by atoms with Gasteiger partial charge in [-0.2, -0.15) is 17.4 Å². The van der Waals surface area contributed by atoms with Gasteiger partial charge in [0.25, 0.3) is 10.2 Å². The Morgan fingerprint density at radius 1 is 1.40 bits per heavy atom. The van der Waals surface area contributed by atoms with Gasteiger partial charge in [0.1, 0.15) is 0 Å². The van der Waals surface area contributed by atoms with Crippen LogP contribution >= 0.6 is 11.3 Å². The van der Waals surface area contributed by atoms with Gasteiger partial charge in [-0.1, -0.05) is 6.07 Å². The fourth-order valence-corrected chi connectivity index (χ4v) is 4.45. The first-order chi connectivity index (χ1) is 9.56. The minimum Gasteiger partial charge on any atom is -0.264 e. The fourth-order valence-electron chi connectivity index (χ4n) is 2.16. The van der Waals surface area contributed by atoms with E-state index in [0.29, 0.717) is 6.54 Å². The summed E-state index contributed by atoms with van der Waals surface area (Å²) >= 11 is 1.61. The Morgan fingerprint density at radius 3 is 2.95 bits per heavy atom. The summed E-state index contributed by atoms with van der Waals surface area (Å²) in [7, 11) is -1.75. The molecule has 0 unspecified atom stereocenters. The lowest BCUT2D eigenvalue weighted by Gasteiger charge is -2.29. The number of thiophene rings is 1. The van der Waals surface area contributed by atoms with Crippen molar-refractivity contribution in [2.24, 2.45) is 0 Å². The molecular weight excluding hydrogens is 294 g/mol. The maximum Gasteiger partial charge on any atom is 0.279 e. The standard InChI is InChI=1S/C13H15N3O2S2/c1-16-8-6-11(15-20(16,17)18)13-5-4-12(19-13)10-3-2-7-14-9-10/h2-5,7,9,11,15H,6,8H2,1H3/t11-/m0/s1. The molecule has 0 radical (unpaired) electrons. The molecule has 5 nitrogen and oxygen atoms in total. The third-order valence-electron chi connectivity index (χ3n) is 3.35. The van der Waals surface area contributed by atoms with E-state index in [-0.39, 0.29) is 6.04 Å². The zero-order valence-corrected chi connectivity index (χ0v) is 12.6. The Labute approximate surface area is 122 Å². The summed E-state index contributed by atoms with van der Waals surface area (Å²) < 4.78 is 27.8. The molecule has 3 heterocycles. The Hall–Kier alpha value is -1.28. The molecule has 1 fully saturated rings. The molecule has 106 valence electrons.